The fourth-order valence-corrected chi connectivity index (χ4v) is 3.03. The zero-order valence-electron chi connectivity index (χ0n) is 9.50. The van der Waals surface area contributed by atoms with E-state index in [1.807, 2.05) is 6.07 Å². The molecule has 0 spiro atoms. The third-order valence-corrected chi connectivity index (χ3v) is 4.37. The van der Waals surface area contributed by atoms with E-state index in [1.54, 1.807) is 6.07 Å². The summed E-state index contributed by atoms with van der Waals surface area (Å²) in [7, 11) is -3.06. The normalized spacial score (nSPS) is 21.9. The van der Waals surface area contributed by atoms with Crippen molar-refractivity contribution in [3.63, 3.8) is 0 Å². The largest absolute Gasteiger partial charge is 0.213 e. The van der Waals surface area contributed by atoms with Crippen LogP contribution in [0.4, 0.5) is 0 Å². The lowest BCUT2D eigenvalue weighted by atomic mass is 10.0. The first kappa shape index (κ1) is 12.7. The van der Waals surface area contributed by atoms with Gasteiger partial charge in [-0.15, -0.1) is 5.10 Å². The summed E-state index contributed by atoms with van der Waals surface area (Å²) >= 11 is 5.65. The van der Waals surface area contributed by atoms with Crippen molar-refractivity contribution in [3.05, 3.63) is 23.0 Å². The summed E-state index contributed by atoms with van der Waals surface area (Å²) in [6.07, 6.45) is 2.87. The molecule has 94 valence electrons. The van der Waals surface area contributed by atoms with E-state index in [-0.39, 0.29) is 0 Å². The highest BCUT2D eigenvalue weighted by molar-refractivity contribution is 7.88. The van der Waals surface area contributed by atoms with Gasteiger partial charge < -0.3 is 0 Å². The Morgan fingerprint density at radius 3 is 2.76 bits per heavy atom. The molecule has 0 saturated carbocycles. The van der Waals surface area contributed by atoms with Gasteiger partial charge >= 0.3 is 0 Å². The van der Waals surface area contributed by atoms with Crippen LogP contribution in [0.25, 0.3) is 0 Å². The lowest BCUT2D eigenvalue weighted by Crippen LogP contribution is -2.27. The van der Waals surface area contributed by atoms with Crippen molar-refractivity contribution in [2.24, 2.45) is 5.92 Å². The van der Waals surface area contributed by atoms with E-state index >= 15 is 0 Å². The maximum atomic E-state index is 11.4. The molecule has 7 heteroatoms. The second-order valence-electron chi connectivity index (χ2n) is 4.33. The van der Waals surface area contributed by atoms with Gasteiger partial charge in [-0.05, 0) is 30.9 Å². The van der Waals surface area contributed by atoms with Gasteiger partial charge in [0.15, 0.2) is 5.15 Å². The van der Waals surface area contributed by atoms with E-state index < -0.39 is 10.0 Å². The van der Waals surface area contributed by atoms with Crippen LogP contribution in [0.5, 0.6) is 0 Å². The van der Waals surface area contributed by atoms with Crippen LogP contribution in [0, 0.1) is 5.92 Å². The zero-order chi connectivity index (χ0) is 12.5. The van der Waals surface area contributed by atoms with Gasteiger partial charge in [-0.1, -0.05) is 11.6 Å². The van der Waals surface area contributed by atoms with Gasteiger partial charge in [0.2, 0.25) is 10.0 Å². The number of halogens is 1. The molecule has 1 aliphatic heterocycles. The van der Waals surface area contributed by atoms with Crippen molar-refractivity contribution < 1.29 is 8.42 Å². The van der Waals surface area contributed by atoms with Crippen molar-refractivity contribution in [1.82, 2.24) is 14.5 Å². The minimum Gasteiger partial charge on any atom is -0.213 e. The zero-order valence-corrected chi connectivity index (χ0v) is 11.1. The SMILES string of the molecule is CS(=O)(=O)N1CC[C@@H](Cc2ccc(Cl)nn2)C1. The third kappa shape index (κ3) is 3.37. The highest BCUT2D eigenvalue weighted by Gasteiger charge is 2.28. The first-order valence-corrected chi connectivity index (χ1v) is 7.61. The van der Waals surface area contributed by atoms with E-state index in [9.17, 15) is 8.42 Å². The van der Waals surface area contributed by atoms with Crippen molar-refractivity contribution in [3.8, 4) is 0 Å². The first-order valence-electron chi connectivity index (χ1n) is 5.38. The highest BCUT2D eigenvalue weighted by atomic mass is 35.5. The number of hydrogen-bond donors (Lipinski definition) is 0. The molecule has 1 fully saturated rings. The maximum absolute atomic E-state index is 11.4. The molecule has 2 heterocycles. The molecule has 0 amide bonds. The predicted octanol–water partition coefficient (Wildman–Crippen LogP) is 0.954. The van der Waals surface area contributed by atoms with Crippen LogP contribution >= 0.6 is 11.6 Å². The van der Waals surface area contributed by atoms with Gasteiger partial charge in [0.25, 0.3) is 0 Å². The van der Waals surface area contributed by atoms with Crippen molar-refractivity contribution in [2.75, 3.05) is 19.3 Å². The summed E-state index contributed by atoms with van der Waals surface area (Å²) in [4.78, 5) is 0. The van der Waals surface area contributed by atoms with E-state index in [2.05, 4.69) is 10.2 Å². The lowest BCUT2D eigenvalue weighted by molar-refractivity contribution is 0.458. The summed E-state index contributed by atoms with van der Waals surface area (Å²) in [6.45, 7) is 1.17. The number of hydrogen-bond acceptors (Lipinski definition) is 4. The Morgan fingerprint density at radius 1 is 1.47 bits per heavy atom. The van der Waals surface area contributed by atoms with Crippen LogP contribution in [0.2, 0.25) is 5.15 Å². The Bertz CT molecular complexity index is 489. The summed E-state index contributed by atoms with van der Waals surface area (Å²) in [5.41, 5.74) is 0.856. The van der Waals surface area contributed by atoms with E-state index in [1.165, 1.54) is 10.6 Å². The number of nitrogens with zero attached hydrogens (tertiary/aromatic N) is 3. The Hall–Kier alpha value is -0.720. The molecule has 5 nitrogen and oxygen atoms in total. The minimum absolute atomic E-state index is 0.320. The predicted molar refractivity (Wildman–Crippen MR) is 65.3 cm³/mol. The highest BCUT2D eigenvalue weighted by Crippen LogP contribution is 2.21. The fraction of sp³-hybridized carbons (Fsp3) is 0.600. The topological polar surface area (TPSA) is 63.2 Å². The quantitative estimate of drug-likeness (QED) is 0.824. The molecule has 0 N–H and O–H groups in total. The van der Waals surface area contributed by atoms with Gasteiger partial charge in [-0.3, -0.25) is 0 Å². The average Bonchev–Trinajstić information content (AvgIpc) is 2.69. The van der Waals surface area contributed by atoms with Crippen molar-refractivity contribution >= 4 is 21.6 Å². The number of sulfonamides is 1. The molecular formula is C10H14ClN3O2S. The van der Waals surface area contributed by atoms with Gasteiger partial charge in [0, 0.05) is 13.1 Å². The molecule has 2 rings (SSSR count). The lowest BCUT2D eigenvalue weighted by Gasteiger charge is -2.12. The standard InChI is InChI=1S/C10H14ClN3O2S/c1-17(15,16)14-5-4-8(7-14)6-9-2-3-10(11)13-12-9/h2-3,8H,4-7H2,1H3/t8-/m0/s1. The Balaban J connectivity index is 1.96. The molecule has 0 bridgehead atoms. The Labute approximate surface area is 106 Å². The molecule has 0 unspecified atom stereocenters. The summed E-state index contributed by atoms with van der Waals surface area (Å²) in [5, 5.41) is 8.12. The van der Waals surface area contributed by atoms with Crippen molar-refractivity contribution in [1.29, 1.82) is 0 Å². The van der Waals surface area contributed by atoms with Gasteiger partial charge in [-0.2, -0.15) is 5.10 Å². The van der Waals surface area contributed by atoms with E-state index in [4.69, 9.17) is 11.6 Å². The van der Waals surface area contributed by atoms with Gasteiger partial charge in [0.05, 0.1) is 11.9 Å². The smallest absolute Gasteiger partial charge is 0.211 e. The monoisotopic (exact) mass is 275 g/mol. The van der Waals surface area contributed by atoms with Crippen LogP contribution in [0.1, 0.15) is 12.1 Å². The molecule has 17 heavy (non-hydrogen) atoms. The molecule has 1 aromatic heterocycles. The molecule has 1 aromatic rings. The second kappa shape index (κ2) is 4.88. The van der Waals surface area contributed by atoms with Crippen LogP contribution in [0.15, 0.2) is 12.1 Å². The summed E-state index contributed by atoms with van der Waals surface area (Å²) in [5.74, 6) is 0.320. The van der Waals surface area contributed by atoms with Crippen LogP contribution < -0.4 is 0 Å². The molecule has 1 aliphatic rings. The van der Waals surface area contributed by atoms with Crippen LogP contribution in [-0.2, 0) is 16.4 Å². The second-order valence-corrected chi connectivity index (χ2v) is 6.70. The molecule has 0 radical (unpaired) electrons. The average molecular weight is 276 g/mol. The number of aromatic nitrogens is 2. The summed E-state index contributed by atoms with van der Waals surface area (Å²) in [6, 6.07) is 3.53. The van der Waals surface area contributed by atoms with E-state index in [0.29, 0.717) is 24.2 Å². The van der Waals surface area contributed by atoms with Gasteiger partial charge in [-0.25, -0.2) is 12.7 Å². The van der Waals surface area contributed by atoms with Crippen molar-refractivity contribution in [2.45, 2.75) is 12.8 Å². The van der Waals surface area contributed by atoms with Crippen LogP contribution in [-0.4, -0.2) is 42.3 Å². The maximum Gasteiger partial charge on any atom is 0.211 e. The molecule has 0 aliphatic carbocycles. The molecule has 1 saturated heterocycles. The molecular weight excluding hydrogens is 262 g/mol. The van der Waals surface area contributed by atoms with Gasteiger partial charge in [0.1, 0.15) is 0 Å². The van der Waals surface area contributed by atoms with E-state index in [0.717, 1.165) is 18.5 Å². The number of rotatable bonds is 3. The third-order valence-electron chi connectivity index (χ3n) is 2.90. The van der Waals surface area contributed by atoms with Crippen LogP contribution in [0.3, 0.4) is 0 Å². The Morgan fingerprint density at radius 2 is 2.24 bits per heavy atom. The molecule has 1 atom stereocenters. The fourth-order valence-electron chi connectivity index (χ4n) is 2.01. The molecule has 0 aromatic carbocycles. The minimum atomic E-state index is -3.06. The summed E-state index contributed by atoms with van der Waals surface area (Å²) < 4.78 is 24.2. The first-order chi connectivity index (χ1) is 7.95. The Kier molecular flexibility index (Phi) is 3.65.